The van der Waals surface area contributed by atoms with E-state index < -0.39 is 57.4 Å². The summed E-state index contributed by atoms with van der Waals surface area (Å²) in [5.74, 6) is -5.26. The number of carbonyl (C=O) groups excluding carboxylic acids is 1. The van der Waals surface area contributed by atoms with Crippen LogP contribution in [0.15, 0.2) is 12.1 Å². The first-order valence-electron chi connectivity index (χ1n) is 7.64. The van der Waals surface area contributed by atoms with E-state index in [1.165, 1.54) is 0 Å². The average Bonchev–Trinajstić information content (AvgIpc) is 2.55. The van der Waals surface area contributed by atoms with Gasteiger partial charge in [-0.1, -0.05) is 0 Å². The van der Waals surface area contributed by atoms with E-state index in [1.54, 1.807) is 20.8 Å². The SMILES string of the molecule is CC(C)(C)C(=O)OCc1cc2c(O)c(C(=O)O)c(O)c(O)c2cc1[N+](=O)[O-]. The molecule has 0 unspecified atom stereocenters. The number of esters is 1. The number of carboxylic acids is 1. The first-order valence-corrected chi connectivity index (χ1v) is 7.64. The van der Waals surface area contributed by atoms with Crippen molar-refractivity contribution in [2.45, 2.75) is 27.4 Å². The van der Waals surface area contributed by atoms with Gasteiger partial charge in [-0.3, -0.25) is 14.9 Å². The topological polar surface area (TPSA) is 167 Å². The molecule has 0 amide bonds. The minimum Gasteiger partial charge on any atom is -0.506 e. The second-order valence-corrected chi connectivity index (χ2v) is 6.84. The van der Waals surface area contributed by atoms with Crippen molar-refractivity contribution in [1.82, 2.24) is 0 Å². The number of fused-ring (bicyclic) bond motifs is 1. The van der Waals surface area contributed by atoms with Gasteiger partial charge in [-0.25, -0.2) is 4.79 Å². The molecular formula is C17H17NO9. The van der Waals surface area contributed by atoms with E-state index in [9.17, 15) is 35.0 Å². The quantitative estimate of drug-likeness (QED) is 0.205. The number of aromatic hydroxyl groups is 3. The lowest BCUT2D eigenvalue weighted by atomic mass is 9.97. The molecule has 2 rings (SSSR count). The Morgan fingerprint density at radius 1 is 1.07 bits per heavy atom. The van der Waals surface area contributed by atoms with E-state index in [-0.39, 0.29) is 16.3 Å². The summed E-state index contributed by atoms with van der Waals surface area (Å²) in [6, 6.07) is 1.89. The van der Waals surface area contributed by atoms with Crippen LogP contribution in [0.5, 0.6) is 17.2 Å². The second kappa shape index (κ2) is 6.63. The van der Waals surface area contributed by atoms with E-state index in [4.69, 9.17) is 9.84 Å². The largest absolute Gasteiger partial charge is 0.506 e. The smallest absolute Gasteiger partial charge is 0.343 e. The molecule has 27 heavy (non-hydrogen) atoms. The summed E-state index contributed by atoms with van der Waals surface area (Å²) in [4.78, 5) is 33.6. The standard InChI is InChI=1S/C17H17NO9/c1-17(2,3)16(24)27-6-7-4-8-9(5-10(7)18(25)26)13(20)14(21)11(12(8)19)15(22)23/h4-5,19-21H,6H2,1-3H3,(H,22,23). The van der Waals surface area contributed by atoms with Crippen molar-refractivity contribution in [1.29, 1.82) is 0 Å². The zero-order valence-electron chi connectivity index (χ0n) is 14.6. The maximum atomic E-state index is 11.9. The van der Waals surface area contributed by atoms with Crippen LogP contribution in [0.4, 0.5) is 5.69 Å². The Kier molecular flexibility index (Phi) is 4.85. The number of carbonyl (C=O) groups is 2. The molecule has 0 bridgehead atoms. The summed E-state index contributed by atoms with van der Waals surface area (Å²) in [5, 5.41) is 49.8. The molecule has 2 aromatic rings. The number of benzene rings is 2. The summed E-state index contributed by atoms with van der Waals surface area (Å²) in [7, 11) is 0. The molecule has 0 heterocycles. The highest BCUT2D eigenvalue weighted by Crippen LogP contribution is 2.46. The fourth-order valence-electron chi connectivity index (χ4n) is 2.37. The summed E-state index contributed by atoms with van der Waals surface area (Å²) in [6.45, 7) is 4.27. The highest BCUT2D eigenvalue weighted by molar-refractivity contribution is 6.07. The molecular weight excluding hydrogens is 362 g/mol. The summed E-state index contributed by atoms with van der Waals surface area (Å²) in [6.07, 6.45) is 0. The molecule has 10 heteroatoms. The maximum Gasteiger partial charge on any atom is 0.343 e. The minimum atomic E-state index is -1.71. The van der Waals surface area contributed by atoms with Crippen LogP contribution in [0.2, 0.25) is 0 Å². The number of aromatic carboxylic acids is 1. The zero-order chi connectivity index (χ0) is 20.7. The lowest BCUT2D eigenvalue weighted by Gasteiger charge is -2.17. The zero-order valence-corrected chi connectivity index (χ0v) is 14.6. The number of phenolic OH excluding ortho intramolecular Hbond substituents is 1. The molecule has 0 fully saturated rings. The predicted octanol–water partition coefficient (Wildman–Crippen LogP) is 2.65. The van der Waals surface area contributed by atoms with Crippen molar-refractivity contribution in [2.75, 3.05) is 0 Å². The number of rotatable bonds is 4. The lowest BCUT2D eigenvalue weighted by Crippen LogP contribution is -2.22. The second-order valence-electron chi connectivity index (χ2n) is 6.84. The average molecular weight is 379 g/mol. The Labute approximate surface area is 152 Å². The molecule has 0 saturated carbocycles. The molecule has 0 radical (unpaired) electrons. The molecule has 0 atom stereocenters. The summed E-state index contributed by atoms with van der Waals surface area (Å²) < 4.78 is 5.05. The van der Waals surface area contributed by atoms with Crippen LogP contribution in [0.1, 0.15) is 36.7 Å². The number of ether oxygens (including phenoxy) is 1. The van der Waals surface area contributed by atoms with E-state index >= 15 is 0 Å². The summed E-state index contributed by atoms with van der Waals surface area (Å²) in [5.41, 5.74) is -2.47. The van der Waals surface area contributed by atoms with Crippen molar-refractivity contribution in [3.05, 3.63) is 33.4 Å². The van der Waals surface area contributed by atoms with Crippen LogP contribution < -0.4 is 0 Å². The Bertz CT molecular complexity index is 973. The molecule has 0 aliphatic carbocycles. The number of nitrogens with zero attached hydrogens (tertiary/aromatic N) is 1. The summed E-state index contributed by atoms with van der Waals surface area (Å²) >= 11 is 0. The van der Waals surface area contributed by atoms with Crippen LogP contribution >= 0.6 is 0 Å². The van der Waals surface area contributed by atoms with Crippen molar-refractivity contribution in [2.24, 2.45) is 5.41 Å². The number of hydrogen-bond acceptors (Lipinski definition) is 8. The van der Waals surface area contributed by atoms with Crippen molar-refractivity contribution in [3.8, 4) is 17.2 Å². The molecule has 10 nitrogen and oxygen atoms in total. The van der Waals surface area contributed by atoms with E-state index in [0.29, 0.717) is 0 Å². The van der Waals surface area contributed by atoms with Crippen molar-refractivity contribution >= 4 is 28.4 Å². The van der Waals surface area contributed by atoms with Gasteiger partial charge in [0.05, 0.1) is 15.9 Å². The monoisotopic (exact) mass is 379 g/mol. The molecule has 0 aliphatic rings. The number of nitro benzene ring substituents is 1. The van der Waals surface area contributed by atoms with Gasteiger partial charge in [-0.15, -0.1) is 0 Å². The van der Waals surface area contributed by atoms with Crippen molar-refractivity contribution in [3.63, 3.8) is 0 Å². The third-order valence-electron chi connectivity index (χ3n) is 3.81. The van der Waals surface area contributed by atoms with Gasteiger partial charge in [-0.05, 0) is 26.8 Å². The molecule has 2 aromatic carbocycles. The molecule has 144 valence electrons. The fraction of sp³-hybridized carbons (Fsp3) is 0.294. The highest BCUT2D eigenvalue weighted by atomic mass is 16.6. The first kappa shape index (κ1) is 19.8. The van der Waals surface area contributed by atoms with Gasteiger partial charge >= 0.3 is 11.9 Å². The van der Waals surface area contributed by atoms with Crippen LogP contribution in [0.3, 0.4) is 0 Å². The third-order valence-corrected chi connectivity index (χ3v) is 3.81. The number of carboxylic acid groups (broad SMARTS) is 1. The number of phenols is 3. The third kappa shape index (κ3) is 3.54. The Hall–Kier alpha value is -3.56. The Morgan fingerprint density at radius 2 is 1.63 bits per heavy atom. The van der Waals surface area contributed by atoms with Gasteiger partial charge in [0, 0.05) is 16.8 Å². The predicted molar refractivity (Wildman–Crippen MR) is 91.8 cm³/mol. The van der Waals surface area contributed by atoms with Crippen LogP contribution in [-0.4, -0.2) is 37.3 Å². The minimum absolute atomic E-state index is 0.123. The van der Waals surface area contributed by atoms with Gasteiger partial charge < -0.3 is 25.2 Å². The van der Waals surface area contributed by atoms with Gasteiger partial charge in [0.1, 0.15) is 17.9 Å². The van der Waals surface area contributed by atoms with E-state index in [1.807, 2.05) is 0 Å². The first-order chi connectivity index (χ1) is 12.4. The molecule has 0 spiro atoms. The van der Waals surface area contributed by atoms with Crippen molar-refractivity contribution < 1.29 is 39.7 Å². The highest BCUT2D eigenvalue weighted by Gasteiger charge is 2.28. The Morgan fingerprint density at radius 3 is 2.11 bits per heavy atom. The van der Waals surface area contributed by atoms with Gasteiger partial charge in [0.25, 0.3) is 5.69 Å². The van der Waals surface area contributed by atoms with Crippen LogP contribution in [0, 0.1) is 15.5 Å². The van der Waals surface area contributed by atoms with E-state index in [0.717, 1.165) is 12.1 Å². The van der Waals surface area contributed by atoms with Crippen LogP contribution in [-0.2, 0) is 16.1 Å². The maximum absolute atomic E-state index is 11.9. The molecule has 0 aliphatic heterocycles. The number of hydrogen-bond donors (Lipinski definition) is 4. The van der Waals surface area contributed by atoms with Gasteiger partial charge in [-0.2, -0.15) is 0 Å². The van der Waals surface area contributed by atoms with Crippen LogP contribution in [0.25, 0.3) is 10.8 Å². The molecule has 4 N–H and O–H groups in total. The van der Waals surface area contributed by atoms with Gasteiger partial charge in [0.2, 0.25) is 0 Å². The lowest BCUT2D eigenvalue weighted by molar-refractivity contribution is -0.385. The van der Waals surface area contributed by atoms with E-state index in [2.05, 4.69) is 0 Å². The fourth-order valence-corrected chi connectivity index (χ4v) is 2.37. The molecule has 0 saturated heterocycles. The Balaban J connectivity index is 2.70. The molecule has 0 aromatic heterocycles. The number of nitro groups is 1. The van der Waals surface area contributed by atoms with Gasteiger partial charge in [0.15, 0.2) is 11.5 Å². The normalized spacial score (nSPS) is 11.4.